The molecule has 3 nitrogen and oxygen atoms in total. The highest BCUT2D eigenvalue weighted by molar-refractivity contribution is 9.10. The van der Waals surface area contributed by atoms with Crippen molar-refractivity contribution >= 4 is 15.9 Å². The van der Waals surface area contributed by atoms with Crippen molar-refractivity contribution in [1.82, 2.24) is 10.6 Å². The molecule has 1 atom stereocenters. The quantitative estimate of drug-likeness (QED) is 0.888. The summed E-state index contributed by atoms with van der Waals surface area (Å²) in [5, 5.41) is 6.83. The molecule has 2 N–H and O–H groups in total. The minimum atomic E-state index is 0.370. The highest BCUT2D eigenvalue weighted by atomic mass is 79.9. The molecule has 4 heteroatoms. The van der Waals surface area contributed by atoms with Gasteiger partial charge in [-0.1, -0.05) is 6.07 Å². The lowest BCUT2D eigenvalue weighted by atomic mass is 10.1. The van der Waals surface area contributed by atoms with Crippen LogP contribution in [0.1, 0.15) is 18.5 Å². The van der Waals surface area contributed by atoms with Gasteiger partial charge in [-0.25, -0.2) is 0 Å². The smallest absolute Gasteiger partial charge is 0.133 e. The standard InChI is InChI=1S/C12H17BrN2O/c1-8(15-10-6-14-7-10)9-3-4-12(16-2)11(13)5-9/h3-5,8,10,14-15H,6-7H2,1-2H3. The van der Waals surface area contributed by atoms with Gasteiger partial charge in [0.1, 0.15) is 5.75 Å². The monoisotopic (exact) mass is 284 g/mol. The topological polar surface area (TPSA) is 33.3 Å². The van der Waals surface area contributed by atoms with E-state index in [2.05, 4.69) is 45.6 Å². The van der Waals surface area contributed by atoms with Crippen LogP contribution in [0.3, 0.4) is 0 Å². The molecule has 1 aliphatic heterocycles. The molecule has 0 amide bonds. The van der Waals surface area contributed by atoms with Crippen molar-refractivity contribution in [3.05, 3.63) is 28.2 Å². The number of hydrogen-bond donors (Lipinski definition) is 2. The summed E-state index contributed by atoms with van der Waals surface area (Å²) in [5.74, 6) is 0.876. The molecule has 1 saturated heterocycles. The first-order valence-corrected chi connectivity index (χ1v) is 6.30. The third kappa shape index (κ3) is 2.56. The molecule has 0 aliphatic carbocycles. The van der Waals surface area contributed by atoms with E-state index in [1.807, 2.05) is 6.07 Å². The van der Waals surface area contributed by atoms with Crippen LogP contribution in [0, 0.1) is 0 Å². The number of methoxy groups -OCH3 is 1. The van der Waals surface area contributed by atoms with E-state index in [4.69, 9.17) is 4.74 Å². The molecule has 1 aromatic rings. The summed E-state index contributed by atoms with van der Waals surface area (Å²) in [6.07, 6.45) is 0. The fourth-order valence-corrected chi connectivity index (χ4v) is 2.37. The van der Waals surface area contributed by atoms with Crippen molar-refractivity contribution in [1.29, 1.82) is 0 Å². The Morgan fingerprint density at radius 1 is 1.50 bits per heavy atom. The molecular formula is C12H17BrN2O. The molecule has 1 unspecified atom stereocenters. The first-order chi connectivity index (χ1) is 7.70. The average Bonchev–Trinajstić information content (AvgIpc) is 2.23. The van der Waals surface area contributed by atoms with E-state index in [0.29, 0.717) is 12.1 Å². The summed E-state index contributed by atoms with van der Waals surface area (Å²) in [4.78, 5) is 0. The predicted molar refractivity (Wildman–Crippen MR) is 68.9 cm³/mol. The lowest BCUT2D eigenvalue weighted by molar-refractivity contribution is 0.338. The van der Waals surface area contributed by atoms with Gasteiger partial charge in [-0.15, -0.1) is 0 Å². The van der Waals surface area contributed by atoms with E-state index >= 15 is 0 Å². The van der Waals surface area contributed by atoms with Crippen LogP contribution in [-0.2, 0) is 0 Å². The summed E-state index contributed by atoms with van der Waals surface area (Å²) in [6, 6.07) is 7.19. The molecule has 1 aromatic carbocycles. The van der Waals surface area contributed by atoms with Gasteiger partial charge in [-0.05, 0) is 40.5 Å². The molecule has 88 valence electrons. The number of halogens is 1. The van der Waals surface area contributed by atoms with E-state index in [9.17, 15) is 0 Å². The van der Waals surface area contributed by atoms with Crippen LogP contribution >= 0.6 is 15.9 Å². The van der Waals surface area contributed by atoms with E-state index in [1.54, 1.807) is 7.11 Å². The van der Waals surface area contributed by atoms with Crippen LogP contribution < -0.4 is 15.4 Å². The third-order valence-electron chi connectivity index (χ3n) is 2.94. The van der Waals surface area contributed by atoms with Crippen LogP contribution in [0.15, 0.2) is 22.7 Å². The molecule has 0 saturated carbocycles. The number of benzene rings is 1. The van der Waals surface area contributed by atoms with Crippen molar-refractivity contribution < 1.29 is 4.74 Å². The van der Waals surface area contributed by atoms with Gasteiger partial charge < -0.3 is 15.4 Å². The fourth-order valence-electron chi connectivity index (χ4n) is 1.81. The largest absolute Gasteiger partial charge is 0.496 e. The van der Waals surface area contributed by atoms with Crippen LogP contribution in [-0.4, -0.2) is 26.2 Å². The second kappa shape index (κ2) is 5.17. The Kier molecular flexibility index (Phi) is 3.84. The van der Waals surface area contributed by atoms with Gasteiger partial charge in [-0.2, -0.15) is 0 Å². The second-order valence-electron chi connectivity index (χ2n) is 4.14. The maximum Gasteiger partial charge on any atom is 0.133 e. The van der Waals surface area contributed by atoms with Crippen molar-refractivity contribution in [2.75, 3.05) is 20.2 Å². The molecule has 2 rings (SSSR count). The van der Waals surface area contributed by atoms with E-state index in [1.165, 1.54) is 5.56 Å². The van der Waals surface area contributed by atoms with Gasteiger partial charge in [-0.3, -0.25) is 0 Å². The van der Waals surface area contributed by atoms with Crippen molar-refractivity contribution in [3.8, 4) is 5.75 Å². The van der Waals surface area contributed by atoms with Crippen molar-refractivity contribution in [3.63, 3.8) is 0 Å². The number of nitrogens with one attached hydrogen (secondary N) is 2. The average molecular weight is 285 g/mol. The maximum absolute atomic E-state index is 5.22. The van der Waals surface area contributed by atoms with E-state index in [0.717, 1.165) is 23.3 Å². The Morgan fingerprint density at radius 3 is 2.75 bits per heavy atom. The molecule has 0 aromatic heterocycles. The normalized spacial score (nSPS) is 17.9. The van der Waals surface area contributed by atoms with Gasteiger partial charge in [0.05, 0.1) is 11.6 Å². The highest BCUT2D eigenvalue weighted by Crippen LogP contribution is 2.28. The zero-order chi connectivity index (χ0) is 11.5. The number of hydrogen-bond acceptors (Lipinski definition) is 3. The van der Waals surface area contributed by atoms with E-state index in [-0.39, 0.29) is 0 Å². The molecule has 16 heavy (non-hydrogen) atoms. The van der Waals surface area contributed by atoms with Gasteiger partial charge in [0.15, 0.2) is 0 Å². The molecule has 1 heterocycles. The lowest BCUT2D eigenvalue weighted by Gasteiger charge is -2.31. The number of ether oxygens (including phenoxy) is 1. The first kappa shape index (κ1) is 11.9. The molecule has 1 fully saturated rings. The molecule has 0 radical (unpaired) electrons. The molecule has 0 bridgehead atoms. The Balaban J connectivity index is 2.04. The molecule has 1 aliphatic rings. The van der Waals surface area contributed by atoms with Gasteiger partial charge in [0, 0.05) is 25.2 Å². The Bertz CT molecular complexity index is 366. The summed E-state index contributed by atoms with van der Waals surface area (Å²) < 4.78 is 6.22. The van der Waals surface area contributed by atoms with Crippen molar-refractivity contribution in [2.24, 2.45) is 0 Å². The first-order valence-electron chi connectivity index (χ1n) is 5.51. The maximum atomic E-state index is 5.22. The zero-order valence-corrected chi connectivity index (χ0v) is 11.2. The van der Waals surface area contributed by atoms with E-state index < -0.39 is 0 Å². The summed E-state index contributed by atoms with van der Waals surface area (Å²) >= 11 is 3.51. The Morgan fingerprint density at radius 2 is 2.25 bits per heavy atom. The van der Waals surface area contributed by atoms with Crippen LogP contribution in [0.4, 0.5) is 0 Å². The Labute approximate surface area is 105 Å². The SMILES string of the molecule is COc1ccc(C(C)NC2CNC2)cc1Br. The summed E-state index contributed by atoms with van der Waals surface area (Å²) in [5.41, 5.74) is 1.28. The van der Waals surface area contributed by atoms with Crippen molar-refractivity contribution in [2.45, 2.75) is 19.0 Å². The third-order valence-corrected chi connectivity index (χ3v) is 3.56. The van der Waals surface area contributed by atoms with Crippen LogP contribution in [0.5, 0.6) is 5.75 Å². The zero-order valence-electron chi connectivity index (χ0n) is 9.59. The van der Waals surface area contributed by atoms with Crippen LogP contribution in [0.2, 0.25) is 0 Å². The summed E-state index contributed by atoms with van der Waals surface area (Å²) in [7, 11) is 1.68. The van der Waals surface area contributed by atoms with Gasteiger partial charge >= 0.3 is 0 Å². The Hall–Kier alpha value is -0.580. The summed E-state index contributed by atoms with van der Waals surface area (Å²) in [6.45, 7) is 4.33. The predicted octanol–water partition coefficient (Wildman–Crippen LogP) is 2.08. The minimum Gasteiger partial charge on any atom is -0.496 e. The fraction of sp³-hybridized carbons (Fsp3) is 0.500. The molecular weight excluding hydrogens is 268 g/mol. The van der Waals surface area contributed by atoms with Gasteiger partial charge in [0.2, 0.25) is 0 Å². The van der Waals surface area contributed by atoms with Crippen LogP contribution in [0.25, 0.3) is 0 Å². The minimum absolute atomic E-state index is 0.370. The van der Waals surface area contributed by atoms with Gasteiger partial charge in [0.25, 0.3) is 0 Å². The highest BCUT2D eigenvalue weighted by Gasteiger charge is 2.19. The lowest BCUT2D eigenvalue weighted by Crippen LogP contribution is -2.55. The number of rotatable bonds is 4. The second-order valence-corrected chi connectivity index (χ2v) is 4.99. The molecule has 0 spiro atoms.